The zero-order valence-corrected chi connectivity index (χ0v) is 29.7. The molecule has 1 N–H and O–H groups in total. The molecule has 5 aromatic rings. The van der Waals surface area contributed by atoms with Crippen LogP contribution in [0.4, 0.5) is 10.1 Å². The minimum atomic E-state index is -0.503. The van der Waals surface area contributed by atoms with Crippen LogP contribution in [0.1, 0.15) is 46.0 Å². The Hall–Kier alpha value is -4.72. The second-order valence-electron chi connectivity index (χ2n) is 12.5. The van der Waals surface area contributed by atoms with Crippen molar-refractivity contribution in [2.45, 2.75) is 45.6 Å². The number of nitrogens with zero attached hydrogens (tertiary/aromatic N) is 6. The van der Waals surface area contributed by atoms with E-state index in [1.807, 2.05) is 50.2 Å². The fraction of sp³-hybridized carbons (Fsp3) is 0.278. The molecule has 0 saturated carbocycles. The average molecular weight is 763 g/mol. The van der Waals surface area contributed by atoms with Gasteiger partial charge in [-0.25, -0.2) is 13.9 Å². The molecule has 0 spiro atoms. The molecule has 11 nitrogen and oxygen atoms in total. The Balaban J connectivity index is 1.26. The number of hydrogen-bond acceptors (Lipinski definition) is 6. The molecule has 1 fully saturated rings. The van der Waals surface area contributed by atoms with Crippen molar-refractivity contribution in [3.63, 3.8) is 0 Å². The number of ether oxygens (including phenoxy) is 1. The third-order valence-electron chi connectivity index (χ3n) is 9.13. The maximum absolute atomic E-state index is 14.3. The van der Waals surface area contributed by atoms with E-state index >= 15 is 0 Å². The summed E-state index contributed by atoms with van der Waals surface area (Å²) in [6.45, 7) is 6.29. The van der Waals surface area contributed by atoms with Crippen molar-refractivity contribution in [3.05, 3.63) is 127 Å². The SMILES string of the molecule is CC1Cn2c(c(C(=O)NCc3ccccc3-n3cc(F)cn3)n(-c3ccc(N4CCO[C@H](C)C4)cc3)c2=O)CN1C(=O)c1ccc(Br)c(Cl)c1. The lowest BCUT2D eigenvalue weighted by molar-refractivity contribution is 0.0532. The molecule has 2 atom stereocenters. The van der Waals surface area contributed by atoms with Crippen molar-refractivity contribution in [2.24, 2.45) is 0 Å². The van der Waals surface area contributed by atoms with E-state index in [-0.39, 0.29) is 49.1 Å². The Morgan fingerprint density at radius 3 is 2.54 bits per heavy atom. The van der Waals surface area contributed by atoms with E-state index in [9.17, 15) is 18.8 Å². The van der Waals surface area contributed by atoms with Gasteiger partial charge >= 0.3 is 5.69 Å². The van der Waals surface area contributed by atoms with E-state index in [1.165, 1.54) is 15.4 Å². The summed E-state index contributed by atoms with van der Waals surface area (Å²) in [6.07, 6.45) is 2.47. The molecule has 2 aliphatic rings. The first-order valence-electron chi connectivity index (χ1n) is 16.2. The lowest BCUT2D eigenvalue weighted by Gasteiger charge is -2.34. The summed E-state index contributed by atoms with van der Waals surface area (Å²) in [5.74, 6) is -1.26. The number of carbonyl (C=O) groups is 2. The molecule has 0 aliphatic carbocycles. The van der Waals surface area contributed by atoms with Gasteiger partial charge in [-0.2, -0.15) is 5.10 Å². The number of imidazole rings is 1. The Morgan fingerprint density at radius 1 is 1.06 bits per heavy atom. The summed E-state index contributed by atoms with van der Waals surface area (Å²) < 4.78 is 24.6. The monoisotopic (exact) mass is 761 g/mol. The number of carbonyl (C=O) groups excluding carboxylic acids is 2. The molecule has 50 heavy (non-hydrogen) atoms. The molecule has 1 saturated heterocycles. The predicted molar refractivity (Wildman–Crippen MR) is 191 cm³/mol. The number of hydrogen-bond donors (Lipinski definition) is 1. The van der Waals surface area contributed by atoms with Crippen molar-refractivity contribution in [1.29, 1.82) is 0 Å². The van der Waals surface area contributed by atoms with E-state index < -0.39 is 11.7 Å². The zero-order valence-electron chi connectivity index (χ0n) is 27.4. The van der Waals surface area contributed by atoms with Crippen molar-refractivity contribution < 1.29 is 18.7 Å². The molecule has 0 radical (unpaired) electrons. The standard InChI is InChI=1S/C36H34BrClFN7O4/c1-22-18-44-32(21-43(22)35(48)24-7-12-29(37)30(38)15-24)33(34(47)40-16-25-5-3-4-6-31(25)45-20-26(39)17-41-45)46(36(44)49)28-10-8-27(9-11-28)42-13-14-50-23(2)19-42/h3-12,15,17,20,22-23H,13-14,16,18-19,21H2,1-2H3,(H,40,47)/t22?,23-/m1/s1. The van der Waals surface area contributed by atoms with Crippen LogP contribution in [-0.2, 0) is 24.4 Å². The van der Waals surface area contributed by atoms with Gasteiger partial charge < -0.3 is 19.9 Å². The quantitative estimate of drug-likeness (QED) is 0.232. The van der Waals surface area contributed by atoms with Gasteiger partial charge in [0.1, 0.15) is 5.69 Å². The third-order valence-corrected chi connectivity index (χ3v) is 10.4. The molecule has 7 rings (SSSR count). The number of morpholine rings is 1. The molecule has 2 aliphatic heterocycles. The fourth-order valence-corrected chi connectivity index (χ4v) is 7.02. The lowest BCUT2D eigenvalue weighted by atomic mass is 10.1. The van der Waals surface area contributed by atoms with Crippen LogP contribution in [0.15, 0.2) is 88.4 Å². The summed E-state index contributed by atoms with van der Waals surface area (Å²) >= 11 is 9.70. The smallest absolute Gasteiger partial charge is 0.333 e. The summed E-state index contributed by atoms with van der Waals surface area (Å²) in [4.78, 5) is 46.2. The molecular formula is C36H34BrClFN7O4. The highest BCUT2D eigenvalue weighted by Gasteiger charge is 2.35. The second-order valence-corrected chi connectivity index (χ2v) is 13.8. The van der Waals surface area contributed by atoms with Crippen LogP contribution in [0, 0.1) is 5.82 Å². The largest absolute Gasteiger partial charge is 0.375 e. The minimum absolute atomic E-state index is 0.0194. The summed E-state index contributed by atoms with van der Waals surface area (Å²) in [5.41, 5.74) is 3.34. The van der Waals surface area contributed by atoms with Gasteiger partial charge in [-0.3, -0.25) is 18.7 Å². The lowest BCUT2D eigenvalue weighted by Crippen LogP contribution is -2.47. The third kappa shape index (κ3) is 6.48. The number of fused-ring (bicyclic) bond motifs is 1. The Kier molecular flexibility index (Phi) is 9.38. The Bertz CT molecular complexity index is 2150. The van der Waals surface area contributed by atoms with Crippen molar-refractivity contribution in [3.8, 4) is 11.4 Å². The van der Waals surface area contributed by atoms with Gasteiger partial charge in [0, 0.05) is 47.9 Å². The number of rotatable bonds is 7. The van der Waals surface area contributed by atoms with Gasteiger partial charge in [-0.1, -0.05) is 29.8 Å². The highest BCUT2D eigenvalue weighted by Crippen LogP contribution is 2.28. The van der Waals surface area contributed by atoms with E-state index in [0.717, 1.165) is 25.0 Å². The number of nitrogens with one attached hydrogen (secondary N) is 1. The van der Waals surface area contributed by atoms with Crippen LogP contribution in [0.2, 0.25) is 5.02 Å². The Labute approximate surface area is 300 Å². The van der Waals surface area contributed by atoms with Crippen LogP contribution < -0.4 is 15.9 Å². The van der Waals surface area contributed by atoms with Gasteiger partial charge in [0.25, 0.3) is 11.8 Å². The zero-order chi connectivity index (χ0) is 35.1. The molecule has 0 bridgehead atoms. The number of halogens is 3. The number of amides is 2. The molecule has 4 heterocycles. The van der Waals surface area contributed by atoms with E-state index in [2.05, 4.69) is 31.2 Å². The Morgan fingerprint density at radius 2 is 1.82 bits per heavy atom. The molecular weight excluding hydrogens is 729 g/mol. The first-order valence-corrected chi connectivity index (χ1v) is 17.4. The van der Waals surface area contributed by atoms with Gasteiger partial charge in [-0.15, -0.1) is 0 Å². The second kappa shape index (κ2) is 13.9. The summed E-state index contributed by atoms with van der Waals surface area (Å²) in [5, 5.41) is 7.46. The van der Waals surface area contributed by atoms with Crippen LogP contribution in [-0.4, -0.2) is 67.5 Å². The van der Waals surface area contributed by atoms with Gasteiger partial charge in [-0.05, 0) is 83.9 Å². The first-order chi connectivity index (χ1) is 24.1. The maximum atomic E-state index is 14.3. The van der Waals surface area contributed by atoms with Gasteiger partial charge in [0.05, 0.1) is 53.7 Å². The van der Waals surface area contributed by atoms with Gasteiger partial charge in [0.15, 0.2) is 5.82 Å². The molecule has 2 aromatic heterocycles. The fourth-order valence-electron chi connectivity index (χ4n) is 6.60. The van der Waals surface area contributed by atoms with Gasteiger partial charge in [0.2, 0.25) is 0 Å². The first kappa shape index (κ1) is 33.8. The van der Waals surface area contributed by atoms with Crippen LogP contribution >= 0.6 is 27.5 Å². The predicted octanol–water partition coefficient (Wildman–Crippen LogP) is 5.58. The van der Waals surface area contributed by atoms with E-state index in [0.29, 0.717) is 44.3 Å². The van der Waals surface area contributed by atoms with Crippen LogP contribution in [0.25, 0.3) is 11.4 Å². The highest BCUT2D eigenvalue weighted by molar-refractivity contribution is 9.10. The maximum Gasteiger partial charge on any atom is 0.333 e. The number of benzene rings is 3. The van der Waals surface area contributed by atoms with Crippen molar-refractivity contribution in [1.82, 2.24) is 29.1 Å². The van der Waals surface area contributed by atoms with Crippen LogP contribution in [0.3, 0.4) is 0 Å². The number of para-hydroxylation sites is 1. The van der Waals surface area contributed by atoms with E-state index in [1.54, 1.807) is 39.8 Å². The molecule has 1 unspecified atom stereocenters. The minimum Gasteiger partial charge on any atom is -0.375 e. The normalized spacial score (nSPS) is 17.5. The topological polar surface area (TPSA) is 107 Å². The van der Waals surface area contributed by atoms with Crippen molar-refractivity contribution >= 4 is 45.0 Å². The molecule has 258 valence electrons. The molecule has 3 aromatic carbocycles. The summed E-state index contributed by atoms with van der Waals surface area (Å²) in [6, 6.07) is 19.4. The highest BCUT2D eigenvalue weighted by atomic mass is 79.9. The number of aromatic nitrogens is 4. The number of anilines is 1. The van der Waals surface area contributed by atoms with Crippen LogP contribution in [0.5, 0.6) is 0 Å². The summed E-state index contributed by atoms with van der Waals surface area (Å²) in [7, 11) is 0. The molecule has 14 heteroatoms. The van der Waals surface area contributed by atoms with E-state index in [4.69, 9.17) is 16.3 Å². The van der Waals surface area contributed by atoms with Crippen molar-refractivity contribution in [2.75, 3.05) is 24.6 Å². The molecule has 2 amide bonds. The average Bonchev–Trinajstić information content (AvgIpc) is 3.68.